The summed E-state index contributed by atoms with van der Waals surface area (Å²) in [5.74, 6) is 0.145. The number of carbonyl (C=O) groups excluding carboxylic acids is 1. The maximum Gasteiger partial charge on any atom is 0.573 e. The fourth-order valence-corrected chi connectivity index (χ4v) is 2.13. The quantitative estimate of drug-likeness (QED) is 0.848. The van der Waals surface area contributed by atoms with Gasteiger partial charge in [-0.05, 0) is 29.3 Å². The SMILES string of the molecule is COc1cc(CNC(=O)N(C)Cc2ccc(OC(F)(F)F)cc2)ccn1. The highest BCUT2D eigenvalue weighted by Gasteiger charge is 2.30. The molecule has 1 N–H and O–H groups in total. The highest BCUT2D eigenvalue weighted by molar-refractivity contribution is 5.73. The summed E-state index contributed by atoms with van der Waals surface area (Å²) in [6.07, 6.45) is -3.15. The van der Waals surface area contributed by atoms with Gasteiger partial charge >= 0.3 is 12.4 Å². The van der Waals surface area contributed by atoms with Crippen LogP contribution in [0.2, 0.25) is 0 Å². The maximum absolute atomic E-state index is 12.1. The number of benzene rings is 1. The lowest BCUT2D eigenvalue weighted by Gasteiger charge is -2.18. The van der Waals surface area contributed by atoms with Gasteiger partial charge in [0.2, 0.25) is 5.88 Å². The highest BCUT2D eigenvalue weighted by Crippen LogP contribution is 2.23. The van der Waals surface area contributed by atoms with Gasteiger partial charge in [-0.15, -0.1) is 13.2 Å². The van der Waals surface area contributed by atoms with Crippen LogP contribution in [-0.4, -0.2) is 36.4 Å². The predicted molar refractivity (Wildman–Crippen MR) is 87.6 cm³/mol. The fraction of sp³-hybridized carbons (Fsp3) is 0.294. The molecule has 2 rings (SSSR count). The number of nitrogens with zero attached hydrogens (tertiary/aromatic N) is 2. The van der Waals surface area contributed by atoms with Crippen LogP contribution in [0.4, 0.5) is 18.0 Å². The molecule has 9 heteroatoms. The first kappa shape index (κ1) is 19.4. The van der Waals surface area contributed by atoms with E-state index >= 15 is 0 Å². The molecule has 140 valence electrons. The Bertz CT molecular complexity index is 736. The Morgan fingerprint density at radius 3 is 2.50 bits per heavy atom. The number of aromatic nitrogens is 1. The van der Waals surface area contributed by atoms with Crippen molar-refractivity contribution < 1.29 is 27.4 Å². The average Bonchev–Trinajstić information content (AvgIpc) is 2.60. The lowest BCUT2D eigenvalue weighted by Crippen LogP contribution is -2.36. The van der Waals surface area contributed by atoms with E-state index in [2.05, 4.69) is 15.0 Å². The van der Waals surface area contributed by atoms with E-state index in [9.17, 15) is 18.0 Å². The summed E-state index contributed by atoms with van der Waals surface area (Å²) in [5, 5.41) is 2.74. The summed E-state index contributed by atoms with van der Waals surface area (Å²) in [7, 11) is 3.09. The molecule has 0 bridgehead atoms. The molecule has 2 aromatic rings. The topological polar surface area (TPSA) is 63.7 Å². The minimum absolute atomic E-state index is 0.234. The van der Waals surface area contributed by atoms with Crippen molar-refractivity contribution in [3.63, 3.8) is 0 Å². The highest BCUT2D eigenvalue weighted by atomic mass is 19.4. The Morgan fingerprint density at radius 2 is 1.88 bits per heavy atom. The van der Waals surface area contributed by atoms with Crippen molar-refractivity contribution in [1.29, 1.82) is 0 Å². The monoisotopic (exact) mass is 369 g/mol. The zero-order valence-electron chi connectivity index (χ0n) is 14.2. The number of hydrogen-bond donors (Lipinski definition) is 1. The predicted octanol–water partition coefficient (Wildman–Crippen LogP) is 3.33. The van der Waals surface area contributed by atoms with Crippen LogP contribution in [0, 0.1) is 0 Å². The normalized spacial score (nSPS) is 11.0. The second-order valence-corrected chi connectivity index (χ2v) is 5.41. The van der Waals surface area contributed by atoms with Crippen molar-refractivity contribution in [2.24, 2.45) is 0 Å². The molecule has 0 spiro atoms. The number of nitrogens with one attached hydrogen (secondary N) is 1. The van der Waals surface area contributed by atoms with E-state index in [1.54, 1.807) is 25.4 Å². The molecule has 1 aromatic heterocycles. The molecule has 0 saturated heterocycles. The third kappa shape index (κ3) is 6.15. The maximum atomic E-state index is 12.1. The average molecular weight is 369 g/mol. The number of hydrogen-bond acceptors (Lipinski definition) is 4. The van der Waals surface area contributed by atoms with Gasteiger partial charge in [0, 0.05) is 32.4 Å². The van der Waals surface area contributed by atoms with Gasteiger partial charge < -0.3 is 19.7 Å². The van der Waals surface area contributed by atoms with Crippen molar-refractivity contribution in [1.82, 2.24) is 15.2 Å². The molecule has 0 aliphatic rings. The summed E-state index contributed by atoms with van der Waals surface area (Å²) in [4.78, 5) is 17.5. The van der Waals surface area contributed by atoms with Crippen LogP contribution in [0.25, 0.3) is 0 Å². The second kappa shape index (κ2) is 8.41. The third-order valence-corrected chi connectivity index (χ3v) is 3.38. The smallest absolute Gasteiger partial charge is 0.481 e. The van der Waals surface area contributed by atoms with Gasteiger partial charge in [0.25, 0.3) is 0 Å². The van der Waals surface area contributed by atoms with Crippen LogP contribution in [-0.2, 0) is 13.1 Å². The summed E-state index contributed by atoms with van der Waals surface area (Å²) >= 11 is 0. The first-order valence-electron chi connectivity index (χ1n) is 7.59. The number of halogens is 3. The van der Waals surface area contributed by atoms with Crippen LogP contribution in [0.15, 0.2) is 42.6 Å². The van der Waals surface area contributed by atoms with Crippen LogP contribution in [0.5, 0.6) is 11.6 Å². The zero-order chi connectivity index (χ0) is 19.2. The molecular formula is C17H18F3N3O3. The Morgan fingerprint density at radius 1 is 1.19 bits per heavy atom. The van der Waals surface area contributed by atoms with E-state index in [1.807, 2.05) is 0 Å². The number of methoxy groups -OCH3 is 1. The number of rotatable bonds is 6. The molecule has 2 amide bonds. The van der Waals surface area contributed by atoms with Crippen LogP contribution in [0.3, 0.4) is 0 Å². The van der Waals surface area contributed by atoms with Gasteiger partial charge in [0.15, 0.2) is 0 Å². The molecule has 1 heterocycles. The summed E-state index contributed by atoms with van der Waals surface area (Å²) < 4.78 is 45.2. The standard InChI is InChI=1S/C17H18F3N3O3/c1-23(11-12-3-5-14(6-4-12)26-17(18,19)20)16(24)22-10-13-7-8-21-15(9-13)25-2/h3-9H,10-11H2,1-2H3,(H,22,24). The molecule has 26 heavy (non-hydrogen) atoms. The molecule has 0 fully saturated rings. The van der Waals surface area contributed by atoms with E-state index in [1.165, 1.54) is 36.3 Å². The first-order valence-corrected chi connectivity index (χ1v) is 7.59. The fourth-order valence-electron chi connectivity index (χ4n) is 2.13. The number of carbonyl (C=O) groups is 1. The van der Waals surface area contributed by atoms with E-state index in [-0.39, 0.29) is 18.3 Å². The van der Waals surface area contributed by atoms with E-state index in [4.69, 9.17) is 4.74 Å². The Balaban J connectivity index is 1.86. The minimum Gasteiger partial charge on any atom is -0.481 e. The van der Waals surface area contributed by atoms with Crippen molar-refractivity contribution >= 4 is 6.03 Å². The van der Waals surface area contributed by atoms with Crippen molar-refractivity contribution in [2.75, 3.05) is 14.2 Å². The molecule has 0 saturated carbocycles. The number of ether oxygens (including phenoxy) is 2. The van der Waals surface area contributed by atoms with Crippen molar-refractivity contribution in [2.45, 2.75) is 19.5 Å². The largest absolute Gasteiger partial charge is 0.573 e. The van der Waals surface area contributed by atoms with Crippen molar-refractivity contribution in [3.8, 4) is 11.6 Å². The van der Waals surface area contributed by atoms with E-state index in [0.29, 0.717) is 18.0 Å². The molecule has 6 nitrogen and oxygen atoms in total. The Kier molecular flexibility index (Phi) is 6.26. The van der Waals surface area contributed by atoms with Crippen molar-refractivity contribution in [3.05, 3.63) is 53.7 Å². The Labute approximate surface area is 148 Å². The zero-order valence-corrected chi connectivity index (χ0v) is 14.2. The second-order valence-electron chi connectivity index (χ2n) is 5.41. The number of pyridine rings is 1. The molecule has 0 aliphatic carbocycles. The van der Waals surface area contributed by atoms with Gasteiger partial charge in [-0.1, -0.05) is 12.1 Å². The lowest BCUT2D eigenvalue weighted by atomic mass is 10.2. The van der Waals surface area contributed by atoms with Crippen LogP contribution >= 0.6 is 0 Å². The van der Waals surface area contributed by atoms with Gasteiger partial charge in [-0.2, -0.15) is 0 Å². The third-order valence-electron chi connectivity index (χ3n) is 3.38. The summed E-state index contributed by atoms with van der Waals surface area (Å²) in [6.45, 7) is 0.526. The molecular weight excluding hydrogens is 351 g/mol. The van der Waals surface area contributed by atoms with E-state index in [0.717, 1.165) is 5.56 Å². The van der Waals surface area contributed by atoms with Gasteiger partial charge in [0.05, 0.1) is 7.11 Å². The van der Waals surface area contributed by atoms with E-state index < -0.39 is 6.36 Å². The van der Waals surface area contributed by atoms with Crippen LogP contribution < -0.4 is 14.8 Å². The molecule has 1 aromatic carbocycles. The first-order chi connectivity index (χ1) is 12.3. The lowest BCUT2D eigenvalue weighted by molar-refractivity contribution is -0.274. The minimum atomic E-state index is -4.73. The molecule has 0 aliphatic heterocycles. The number of alkyl halides is 3. The van der Waals surface area contributed by atoms with Gasteiger partial charge in [0.1, 0.15) is 5.75 Å². The molecule has 0 atom stereocenters. The summed E-state index contributed by atoms with van der Waals surface area (Å²) in [6, 6.07) is 8.49. The Hall–Kier alpha value is -2.97. The van der Waals surface area contributed by atoms with Crippen LogP contribution in [0.1, 0.15) is 11.1 Å². The molecule has 0 unspecified atom stereocenters. The van der Waals surface area contributed by atoms with Gasteiger partial charge in [-0.3, -0.25) is 0 Å². The number of amides is 2. The van der Waals surface area contributed by atoms with Gasteiger partial charge in [-0.25, -0.2) is 9.78 Å². The molecule has 0 radical (unpaired) electrons. The number of urea groups is 1. The summed E-state index contributed by atoms with van der Waals surface area (Å²) in [5.41, 5.74) is 1.50.